The smallest absolute Gasteiger partial charge is 0.406 e. The van der Waals surface area contributed by atoms with E-state index in [4.69, 9.17) is 0 Å². The van der Waals surface area contributed by atoms with E-state index in [1.54, 1.807) is 73.1 Å². The molecule has 2 aromatic heterocycles. The minimum Gasteiger partial charge on any atom is -0.406 e. The van der Waals surface area contributed by atoms with Gasteiger partial charge in [0.2, 0.25) is 0 Å². The second-order valence-electron chi connectivity index (χ2n) is 13.4. The van der Waals surface area contributed by atoms with Gasteiger partial charge in [-0.3, -0.25) is 9.59 Å². The highest BCUT2D eigenvalue weighted by Gasteiger charge is 2.32. The van der Waals surface area contributed by atoms with E-state index in [9.17, 15) is 35.9 Å². The van der Waals surface area contributed by atoms with E-state index in [1.807, 2.05) is 60.7 Å². The van der Waals surface area contributed by atoms with Crippen LogP contribution < -0.4 is 20.1 Å². The maximum atomic E-state index is 13.4. The summed E-state index contributed by atoms with van der Waals surface area (Å²) in [4.78, 5) is 33.1. The number of fused-ring (bicyclic) bond motifs is 2. The third kappa shape index (κ3) is 10.1. The third-order valence-electron chi connectivity index (χ3n) is 9.26. The van der Waals surface area contributed by atoms with Crippen LogP contribution in [-0.4, -0.2) is 34.3 Å². The molecule has 0 saturated heterocycles. The zero-order valence-corrected chi connectivity index (χ0v) is 31.2. The van der Waals surface area contributed by atoms with Crippen LogP contribution in [0.5, 0.6) is 11.5 Å². The Labute approximate surface area is 338 Å². The first kappa shape index (κ1) is 40.7. The molecule has 60 heavy (non-hydrogen) atoms. The summed E-state index contributed by atoms with van der Waals surface area (Å²) < 4.78 is 83.4. The number of Topliss-reactive ketones (excluding diaryl/α,β-unsaturated/α-hetero) is 2. The fourth-order valence-electron chi connectivity index (χ4n) is 6.65. The van der Waals surface area contributed by atoms with E-state index >= 15 is 0 Å². The second-order valence-corrected chi connectivity index (χ2v) is 13.4. The van der Waals surface area contributed by atoms with E-state index in [-0.39, 0.29) is 23.1 Å². The number of ether oxygens (including phenoxy) is 2. The summed E-state index contributed by atoms with van der Waals surface area (Å²) in [5, 5.41) is 7.68. The molecule has 2 unspecified atom stereocenters. The largest absolute Gasteiger partial charge is 0.573 e. The SMILES string of the molecule is O=C(c1c[nH]c2ccccc12)C(Nc1cccc(OC(F)(F)F)c1)c1ccccc1.O=C(c1c[nH]c2ccccc12)C(Nc1cccc(OC(F)(F)F)c1)c1ccccc1. The van der Waals surface area contributed by atoms with Crippen LogP contribution in [0.2, 0.25) is 0 Å². The number of hydrogen-bond acceptors (Lipinski definition) is 6. The van der Waals surface area contributed by atoms with Gasteiger partial charge in [-0.25, -0.2) is 0 Å². The van der Waals surface area contributed by atoms with E-state index < -0.39 is 24.8 Å². The summed E-state index contributed by atoms with van der Waals surface area (Å²) >= 11 is 0. The average Bonchev–Trinajstić information content (AvgIpc) is 3.87. The maximum absolute atomic E-state index is 13.4. The van der Waals surface area contributed by atoms with E-state index in [0.717, 1.165) is 21.8 Å². The Hall–Kier alpha value is -7.48. The summed E-state index contributed by atoms with van der Waals surface area (Å²) in [6, 6.07) is 42.2. The zero-order valence-electron chi connectivity index (χ0n) is 31.2. The zero-order chi connectivity index (χ0) is 42.3. The predicted molar refractivity (Wildman–Crippen MR) is 217 cm³/mol. The highest BCUT2D eigenvalue weighted by Crippen LogP contribution is 2.32. The molecule has 0 aliphatic rings. The molecule has 0 fully saturated rings. The first-order chi connectivity index (χ1) is 28.8. The standard InChI is InChI=1S/2C23H17F3N2O2/c2*24-23(25,26)30-17-10-6-9-16(13-17)28-21(15-7-2-1-3-8-15)22(29)19-14-27-20-12-5-4-11-18(19)20/h2*1-14,21,27-28H. The Balaban J connectivity index is 0.000000181. The number of nitrogens with one attached hydrogen (secondary N) is 4. The lowest BCUT2D eigenvalue weighted by atomic mass is 9.96. The summed E-state index contributed by atoms with van der Waals surface area (Å²) in [6.45, 7) is 0. The monoisotopic (exact) mass is 820 g/mol. The number of para-hydroxylation sites is 2. The first-order valence-electron chi connectivity index (χ1n) is 18.4. The highest BCUT2D eigenvalue weighted by atomic mass is 19.4. The van der Waals surface area contributed by atoms with Crippen molar-refractivity contribution in [3.8, 4) is 11.5 Å². The second kappa shape index (κ2) is 17.6. The summed E-state index contributed by atoms with van der Waals surface area (Å²) in [5.74, 6) is -1.14. The van der Waals surface area contributed by atoms with Crippen LogP contribution in [0, 0.1) is 0 Å². The van der Waals surface area contributed by atoms with Crippen LogP contribution in [0.25, 0.3) is 21.8 Å². The number of halogens is 6. The average molecular weight is 821 g/mol. The Bertz CT molecular complexity index is 2530. The summed E-state index contributed by atoms with van der Waals surface area (Å²) in [5.41, 5.74) is 4.69. The van der Waals surface area contributed by atoms with Crippen LogP contribution >= 0.6 is 0 Å². The molecule has 0 bridgehead atoms. The molecule has 0 aliphatic carbocycles. The molecular formula is C46H34F6N4O4. The van der Waals surface area contributed by atoms with Gasteiger partial charge in [0.05, 0.1) is 0 Å². The number of aromatic nitrogens is 2. The van der Waals surface area contributed by atoms with Crippen LogP contribution in [0.3, 0.4) is 0 Å². The van der Waals surface area contributed by atoms with E-state index in [1.165, 1.54) is 36.4 Å². The number of ketones is 2. The van der Waals surface area contributed by atoms with Crippen LogP contribution in [0.4, 0.5) is 37.7 Å². The number of alkyl halides is 6. The van der Waals surface area contributed by atoms with Gasteiger partial charge >= 0.3 is 12.7 Å². The fraction of sp³-hybridized carbons (Fsp3) is 0.0870. The molecule has 2 heterocycles. The minimum atomic E-state index is -4.79. The van der Waals surface area contributed by atoms with Crippen molar-refractivity contribution >= 4 is 44.7 Å². The summed E-state index contributed by atoms with van der Waals surface area (Å²) in [6.07, 6.45) is -6.30. The van der Waals surface area contributed by atoms with Gasteiger partial charge < -0.3 is 30.1 Å². The van der Waals surface area contributed by atoms with Crippen molar-refractivity contribution in [2.24, 2.45) is 0 Å². The molecule has 8 aromatic rings. The van der Waals surface area contributed by atoms with Gasteiger partial charge in [-0.1, -0.05) is 109 Å². The Morgan fingerprint density at radius 2 is 0.833 bits per heavy atom. The molecule has 0 saturated carbocycles. The fourth-order valence-corrected chi connectivity index (χ4v) is 6.65. The van der Waals surface area contributed by atoms with Crippen LogP contribution in [0.1, 0.15) is 43.9 Å². The molecule has 2 atom stereocenters. The van der Waals surface area contributed by atoms with Crippen LogP contribution in [0.15, 0.2) is 170 Å². The molecule has 8 nitrogen and oxygen atoms in total. The lowest BCUT2D eigenvalue weighted by molar-refractivity contribution is -0.275. The molecule has 0 radical (unpaired) electrons. The van der Waals surface area contributed by atoms with Gasteiger partial charge in [-0.05, 0) is 47.5 Å². The molecule has 0 spiro atoms. The van der Waals surface area contributed by atoms with Crippen LogP contribution in [-0.2, 0) is 0 Å². The van der Waals surface area contributed by atoms with Crippen molar-refractivity contribution in [2.75, 3.05) is 10.6 Å². The van der Waals surface area contributed by atoms with Gasteiger partial charge in [-0.2, -0.15) is 0 Å². The van der Waals surface area contributed by atoms with Gasteiger partial charge in [0.1, 0.15) is 23.6 Å². The minimum absolute atomic E-state index is 0.208. The molecule has 8 rings (SSSR count). The lowest BCUT2D eigenvalue weighted by Crippen LogP contribution is -2.21. The van der Waals surface area contributed by atoms with Gasteiger partial charge in [0.25, 0.3) is 0 Å². The van der Waals surface area contributed by atoms with Crippen molar-refractivity contribution in [3.63, 3.8) is 0 Å². The number of carbonyl (C=O) groups excluding carboxylic acids is 2. The quantitative estimate of drug-likeness (QED) is 0.0722. The van der Waals surface area contributed by atoms with Crippen molar-refractivity contribution in [2.45, 2.75) is 24.8 Å². The number of hydrogen-bond donors (Lipinski definition) is 4. The van der Waals surface area contributed by atoms with Crippen molar-refractivity contribution in [1.82, 2.24) is 9.97 Å². The number of rotatable bonds is 12. The first-order valence-corrected chi connectivity index (χ1v) is 18.4. The van der Waals surface area contributed by atoms with Crippen molar-refractivity contribution < 1.29 is 45.4 Å². The molecule has 0 aliphatic heterocycles. The predicted octanol–water partition coefficient (Wildman–Crippen LogP) is 12.2. The van der Waals surface area contributed by atoms with Gasteiger partial charge in [-0.15, -0.1) is 26.3 Å². The topological polar surface area (TPSA) is 108 Å². The normalized spacial score (nSPS) is 12.5. The molecule has 6 aromatic carbocycles. The Kier molecular flexibility index (Phi) is 11.9. The molecule has 4 N–H and O–H groups in total. The van der Waals surface area contributed by atoms with Gasteiger partial charge in [0.15, 0.2) is 11.6 Å². The lowest BCUT2D eigenvalue weighted by Gasteiger charge is -2.20. The van der Waals surface area contributed by atoms with Gasteiger partial charge in [0, 0.05) is 68.8 Å². The molecule has 14 heteroatoms. The highest BCUT2D eigenvalue weighted by molar-refractivity contribution is 6.12. The molecule has 0 amide bonds. The number of benzene rings is 6. The molecule has 304 valence electrons. The summed E-state index contributed by atoms with van der Waals surface area (Å²) in [7, 11) is 0. The van der Waals surface area contributed by atoms with Crippen molar-refractivity contribution in [3.05, 3.63) is 192 Å². The van der Waals surface area contributed by atoms with E-state index in [2.05, 4.69) is 30.1 Å². The number of anilines is 2. The van der Waals surface area contributed by atoms with Crippen molar-refractivity contribution in [1.29, 1.82) is 0 Å². The van der Waals surface area contributed by atoms with E-state index in [0.29, 0.717) is 33.6 Å². The molecular weight excluding hydrogens is 787 g/mol. The third-order valence-corrected chi connectivity index (χ3v) is 9.26. The number of H-pyrrole nitrogens is 2. The number of aromatic amines is 2. The maximum Gasteiger partial charge on any atom is 0.573 e. The number of carbonyl (C=O) groups is 2. The Morgan fingerprint density at radius 3 is 1.22 bits per heavy atom. The Morgan fingerprint density at radius 1 is 0.467 bits per heavy atom.